The highest BCUT2D eigenvalue weighted by Crippen LogP contribution is 2.20. The first-order valence-electron chi connectivity index (χ1n) is 5.53. The van der Waals surface area contributed by atoms with Gasteiger partial charge in [-0.3, -0.25) is 0 Å². The summed E-state index contributed by atoms with van der Waals surface area (Å²) in [6.45, 7) is 9.12. The quantitative estimate of drug-likeness (QED) is 0.721. The van der Waals surface area contributed by atoms with Crippen molar-refractivity contribution in [2.24, 2.45) is 11.7 Å². The maximum atomic E-state index is 11.7. The second-order valence-corrected chi connectivity index (χ2v) is 5.33. The van der Waals surface area contributed by atoms with Crippen molar-refractivity contribution in [2.75, 3.05) is 13.1 Å². The summed E-state index contributed by atoms with van der Waals surface area (Å²) in [6, 6.07) is 0.150. The van der Waals surface area contributed by atoms with Crippen LogP contribution in [0.4, 0.5) is 4.79 Å². The first-order chi connectivity index (χ1) is 6.79. The highest BCUT2D eigenvalue weighted by atomic mass is 16.6. The normalized spacial score (nSPS) is 24.1. The highest BCUT2D eigenvalue weighted by Gasteiger charge is 2.31. The summed E-state index contributed by atoms with van der Waals surface area (Å²) in [5.41, 5.74) is 5.40. The Bertz CT molecular complexity index is 233. The number of nitrogens with zero attached hydrogens (tertiary/aromatic N) is 1. The molecule has 2 atom stereocenters. The smallest absolute Gasteiger partial charge is 0.410 e. The molecule has 1 rings (SSSR count). The van der Waals surface area contributed by atoms with E-state index < -0.39 is 5.60 Å². The molecule has 1 saturated heterocycles. The van der Waals surface area contributed by atoms with Crippen LogP contribution in [-0.4, -0.2) is 35.7 Å². The van der Waals surface area contributed by atoms with E-state index in [0.717, 1.165) is 19.5 Å². The van der Waals surface area contributed by atoms with Crippen molar-refractivity contribution in [3.63, 3.8) is 0 Å². The average Bonchev–Trinajstić information content (AvgIpc) is 2.47. The van der Waals surface area contributed by atoms with Gasteiger partial charge >= 0.3 is 6.09 Å². The van der Waals surface area contributed by atoms with Gasteiger partial charge in [-0.2, -0.15) is 0 Å². The number of carbonyl (C=O) groups is 1. The van der Waals surface area contributed by atoms with E-state index in [1.165, 1.54) is 0 Å². The Hall–Kier alpha value is -0.770. The topological polar surface area (TPSA) is 55.6 Å². The monoisotopic (exact) mass is 214 g/mol. The molecule has 0 saturated carbocycles. The van der Waals surface area contributed by atoms with Crippen LogP contribution in [0, 0.1) is 5.92 Å². The van der Waals surface area contributed by atoms with E-state index in [-0.39, 0.29) is 12.1 Å². The van der Waals surface area contributed by atoms with E-state index in [1.54, 1.807) is 4.90 Å². The minimum Gasteiger partial charge on any atom is -0.444 e. The average molecular weight is 214 g/mol. The maximum absolute atomic E-state index is 11.7. The lowest BCUT2D eigenvalue weighted by atomic mass is 10.0. The molecule has 15 heavy (non-hydrogen) atoms. The Balaban J connectivity index is 2.44. The predicted octanol–water partition coefficient (Wildman–Crippen LogP) is 1.59. The largest absolute Gasteiger partial charge is 0.444 e. The minimum absolute atomic E-state index is 0.150. The van der Waals surface area contributed by atoms with Crippen LogP contribution in [-0.2, 0) is 4.74 Å². The summed E-state index contributed by atoms with van der Waals surface area (Å²) in [5.74, 6) is 0.414. The SMILES string of the molecule is CC(N)[C@H]1CCN(C(=O)OC(C)(C)C)C1. The van der Waals surface area contributed by atoms with Gasteiger partial charge < -0.3 is 15.4 Å². The van der Waals surface area contributed by atoms with Crippen LogP contribution in [0.1, 0.15) is 34.1 Å². The van der Waals surface area contributed by atoms with Gasteiger partial charge in [0, 0.05) is 19.1 Å². The van der Waals surface area contributed by atoms with Crippen LogP contribution in [0.5, 0.6) is 0 Å². The van der Waals surface area contributed by atoms with Gasteiger partial charge in [0.25, 0.3) is 0 Å². The number of likely N-dealkylation sites (tertiary alicyclic amines) is 1. The number of carbonyl (C=O) groups excluding carboxylic acids is 1. The van der Waals surface area contributed by atoms with Crippen LogP contribution in [0.25, 0.3) is 0 Å². The minimum atomic E-state index is -0.413. The van der Waals surface area contributed by atoms with Crippen molar-refractivity contribution in [1.82, 2.24) is 4.90 Å². The van der Waals surface area contributed by atoms with E-state index in [4.69, 9.17) is 10.5 Å². The van der Waals surface area contributed by atoms with Crippen LogP contribution in [0.3, 0.4) is 0 Å². The maximum Gasteiger partial charge on any atom is 0.410 e. The standard InChI is InChI=1S/C11H22N2O2/c1-8(12)9-5-6-13(7-9)10(14)15-11(2,3)4/h8-9H,5-7,12H2,1-4H3/t8?,9-/m0/s1. The number of amides is 1. The zero-order valence-corrected chi connectivity index (χ0v) is 10.1. The fourth-order valence-corrected chi connectivity index (χ4v) is 1.71. The van der Waals surface area contributed by atoms with E-state index in [1.807, 2.05) is 27.7 Å². The third-order valence-corrected chi connectivity index (χ3v) is 2.62. The van der Waals surface area contributed by atoms with Gasteiger partial charge in [0.05, 0.1) is 0 Å². The fourth-order valence-electron chi connectivity index (χ4n) is 1.71. The first-order valence-corrected chi connectivity index (χ1v) is 5.53. The molecule has 1 aliphatic rings. The number of ether oxygens (including phenoxy) is 1. The molecule has 1 amide bonds. The van der Waals surface area contributed by atoms with Gasteiger partial charge in [-0.15, -0.1) is 0 Å². The fraction of sp³-hybridized carbons (Fsp3) is 0.909. The Labute approximate surface area is 91.8 Å². The highest BCUT2D eigenvalue weighted by molar-refractivity contribution is 5.68. The molecular weight excluding hydrogens is 192 g/mol. The molecule has 1 aliphatic heterocycles. The van der Waals surface area contributed by atoms with E-state index in [0.29, 0.717) is 5.92 Å². The molecule has 0 aromatic carbocycles. The van der Waals surface area contributed by atoms with Crippen LogP contribution >= 0.6 is 0 Å². The summed E-state index contributed by atoms with van der Waals surface area (Å²) in [4.78, 5) is 13.4. The van der Waals surface area contributed by atoms with Crippen molar-refractivity contribution < 1.29 is 9.53 Å². The molecule has 4 heteroatoms. The number of rotatable bonds is 1. The lowest BCUT2D eigenvalue weighted by Crippen LogP contribution is -2.37. The number of hydrogen-bond acceptors (Lipinski definition) is 3. The molecule has 0 bridgehead atoms. The van der Waals surface area contributed by atoms with Crippen LogP contribution < -0.4 is 5.73 Å². The summed E-state index contributed by atoms with van der Waals surface area (Å²) in [5, 5.41) is 0. The van der Waals surface area contributed by atoms with Gasteiger partial charge in [0.15, 0.2) is 0 Å². The van der Waals surface area contributed by atoms with E-state index in [9.17, 15) is 4.79 Å². The lowest BCUT2D eigenvalue weighted by molar-refractivity contribution is 0.0287. The third-order valence-electron chi connectivity index (χ3n) is 2.62. The van der Waals surface area contributed by atoms with E-state index >= 15 is 0 Å². The van der Waals surface area contributed by atoms with Crippen molar-refractivity contribution in [3.8, 4) is 0 Å². The zero-order chi connectivity index (χ0) is 11.6. The summed E-state index contributed by atoms with van der Waals surface area (Å²) in [6.07, 6.45) is 0.766. The summed E-state index contributed by atoms with van der Waals surface area (Å²) in [7, 11) is 0. The molecule has 1 fully saturated rings. The molecule has 0 aromatic rings. The second kappa shape index (κ2) is 4.39. The van der Waals surface area contributed by atoms with Crippen molar-refractivity contribution in [1.29, 1.82) is 0 Å². The molecule has 0 aliphatic carbocycles. The second-order valence-electron chi connectivity index (χ2n) is 5.33. The predicted molar refractivity (Wildman–Crippen MR) is 59.6 cm³/mol. The molecular formula is C11H22N2O2. The zero-order valence-electron chi connectivity index (χ0n) is 10.1. The molecule has 1 heterocycles. The molecule has 0 radical (unpaired) electrons. The molecule has 2 N–H and O–H groups in total. The Kier molecular flexibility index (Phi) is 3.60. The molecule has 0 aromatic heterocycles. The third kappa shape index (κ3) is 3.70. The lowest BCUT2D eigenvalue weighted by Gasteiger charge is -2.24. The van der Waals surface area contributed by atoms with Crippen LogP contribution in [0.15, 0.2) is 0 Å². The molecule has 0 spiro atoms. The first kappa shape index (κ1) is 12.3. The Morgan fingerprint density at radius 3 is 2.53 bits per heavy atom. The Morgan fingerprint density at radius 1 is 1.53 bits per heavy atom. The molecule has 4 nitrogen and oxygen atoms in total. The van der Waals surface area contributed by atoms with Crippen LogP contribution in [0.2, 0.25) is 0 Å². The van der Waals surface area contributed by atoms with E-state index in [2.05, 4.69) is 0 Å². The van der Waals surface area contributed by atoms with Gasteiger partial charge in [0.2, 0.25) is 0 Å². The number of nitrogens with two attached hydrogens (primary N) is 1. The molecule has 1 unspecified atom stereocenters. The summed E-state index contributed by atoms with van der Waals surface area (Å²) >= 11 is 0. The van der Waals surface area contributed by atoms with Crippen molar-refractivity contribution >= 4 is 6.09 Å². The van der Waals surface area contributed by atoms with Gasteiger partial charge in [-0.05, 0) is 40.0 Å². The van der Waals surface area contributed by atoms with Gasteiger partial charge in [-0.25, -0.2) is 4.79 Å². The molecule has 88 valence electrons. The Morgan fingerprint density at radius 2 is 2.13 bits per heavy atom. The summed E-state index contributed by atoms with van der Waals surface area (Å²) < 4.78 is 5.30. The van der Waals surface area contributed by atoms with Crippen molar-refractivity contribution in [2.45, 2.75) is 45.8 Å². The van der Waals surface area contributed by atoms with Gasteiger partial charge in [-0.1, -0.05) is 0 Å². The number of hydrogen-bond donors (Lipinski definition) is 1. The van der Waals surface area contributed by atoms with Crippen molar-refractivity contribution in [3.05, 3.63) is 0 Å². The van der Waals surface area contributed by atoms with Gasteiger partial charge in [0.1, 0.15) is 5.60 Å².